The fourth-order valence-corrected chi connectivity index (χ4v) is 3.13. The summed E-state index contributed by atoms with van der Waals surface area (Å²) in [7, 11) is 1.68. The first kappa shape index (κ1) is 13.6. The van der Waals surface area contributed by atoms with Crippen LogP contribution in [0.3, 0.4) is 0 Å². The minimum atomic E-state index is 0.364. The van der Waals surface area contributed by atoms with Crippen LogP contribution in [-0.4, -0.2) is 7.11 Å². The van der Waals surface area contributed by atoms with E-state index in [-0.39, 0.29) is 0 Å². The summed E-state index contributed by atoms with van der Waals surface area (Å²) in [5.74, 6) is 0.897. The van der Waals surface area contributed by atoms with Crippen LogP contribution in [0.2, 0.25) is 0 Å². The summed E-state index contributed by atoms with van der Waals surface area (Å²) in [5.41, 5.74) is 1.26. The second-order valence-electron chi connectivity index (χ2n) is 4.09. The van der Waals surface area contributed by atoms with Gasteiger partial charge < -0.3 is 10.1 Å². The van der Waals surface area contributed by atoms with E-state index in [2.05, 4.69) is 52.4 Å². The molecule has 2 nitrogen and oxygen atoms in total. The fourth-order valence-electron chi connectivity index (χ4n) is 1.68. The third-order valence-corrected chi connectivity index (χ3v) is 4.60. The van der Waals surface area contributed by atoms with E-state index < -0.39 is 0 Å². The van der Waals surface area contributed by atoms with Gasteiger partial charge in [-0.2, -0.15) is 0 Å². The van der Waals surface area contributed by atoms with Crippen LogP contribution in [-0.2, 0) is 6.54 Å². The molecule has 0 aliphatic heterocycles. The molecule has 2 rings (SSSR count). The standard InChI is InChI=1S/C14H16BrNOS/c1-10(13-7-8-14(15)18-13)16-9-11-3-5-12(17-2)6-4-11/h3-8,10,16H,9H2,1-2H3. The van der Waals surface area contributed by atoms with Crippen LogP contribution in [0, 0.1) is 0 Å². The van der Waals surface area contributed by atoms with E-state index >= 15 is 0 Å². The van der Waals surface area contributed by atoms with Gasteiger partial charge in [0.05, 0.1) is 10.9 Å². The predicted octanol–water partition coefficient (Wildman–Crippen LogP) is 4.37. The van der Waals surface area contributed by atoms with Gasteiger partial charge in [-0.05, 0) is 52.7 Å². The highest BCUT2D eigenvalue weighted by atomic mass is 79.9. The molecule has 96 valence electrons. The lowest BCUT2D eigenvalue weighted by Gasteiger charge is -2.12. The van der Waals surface area contributed by atoms with Gasteiger partial charge in [0.2, 0.25) is 0 Å². The summed E-state index contributed by atoms with van der Waals surface area (Å²) in [6.07, 6.45) is 0. The van der Waals surface area contributed by atoms with Crippen molar-refractivity contribution in [2.75, 3.05) is 7.11 Å². The molecule has 4 heteroatoms. The first-order valence-corrected chi connectivity index (χ1v) is 7.41. The molecule has 0 radical (unpaired) electrons. The third kappa shape index (κ3) is 3.57. The largest absolute Gasteiger partial charge is 0.497 e. The molecule has 0 fully saturated rings. The monoisotopic (exact) mass is 325 g/mol. The Bertz CT molecular complexity index is 495. The zero-order chi connectivity index (χ0) is 13.0. The Kier molecular flexibility index (Phi) is 4.80. The quantitative estimate of drug-likeness (QED) is 0.881. The zero-order valence-corrected chi connectivity index (χ0v) is 12.8. The van der Waals surface area contributed by atoms with Crippen molar-refractivity contribution in [2.45, 2.75) is 19.5 Å². The van der Waals surface area contributed by atoms with E-state index in [1.165, 1.54) is 14.2 Å². The maximum absolute atomic E-state index is 5.14. The van der Waals surface area contributed by atoms with E-state index in [9.17, 15) is 0 Å². The third-order valence-electron chi connectivity index (χ3n) is 2.79. The molecule has 0 saturated carbocycles. The topological polar surface area (TPSA) is 21.3 Å². The molecule has 0 bridgehead atoms. The Morgan fingerprint density at radius 2 is 1.94 bits per heavy atom. The van der Waals surface area contributed by atoms with E-state index in [1.807, 2.05) is 12.1 Å². The van der Waals surface area contributed by atoms with Crippen molar-refractivity contribution in [1.82, 2.24) is 5.32 Å². The Labute approximate surface area is 120 Å². The maximum atomic E-state index is 5.14. The molecule has 2 aromatic rings. The molecule has 1 N–H and O–H groups in total. The molecular weight excluding hydrogens is 310 g/mol. The van der Waals surface area contributed by atoms with Crippen molar-refractivity contribution in [1.29, 1.82) is 0 Å². The Morgan fingerprint density at radius 1 is 1.22 bits per heavy atom. The van der Waals surface area contributed by atoms with Gasteiger partial charge in [-0.25, -0.2) is 0 Å². The number of benzene rings is 1. The number of hydrogen-bond donors (Lipinski definition) is 1. The summed E-state index contributed by atoms with van der Waals surface area (Å²) >= 11 is 5.26. The lowest BCUT2D eigenvalue weighted by atomic mass is 10.2. The maximum Gasteiger partial charge on any atom is 0.118 e. The Hall–Kier alpha value is -0.840. The summed E-state index contributed by atoms with van der Waals surface area (Å²) in [5, 5.41) is 3.51. The normalized spacial score (nSPS) is 12.4. The van der Waals surface area contributed by atoms with Crippen LogP contribution in [0.25, 0.3) is 0 Å². The van der Waals surface area contributed by atoms with Crippen LogP contribution in [0.4, 0.5) is 0 Å². The molecule has 18 heavy (non-hydrogen) atoms. The van der Waals surface area contributed by atoms with Gasteiger partial charge in [-0.1, -0.05) is 12.1 Å². The number of rotatable bonds is 5. The van der Waals surface area contributed by atoms with Gasteiger partial charge in [-0.15, -0.1) is 11.3 Å². The lowest BCUT2D eigenvalue weighted by Crippen LogP contribution is -2.16. The minimum Gasteiger partial charge on any atom is -0.497 e. The smallest absolute Gasteiger partial charge is 0.118 e. The number of ether oxygens (including phenoxy) is 1. The SMILES string of the molecule is COc1ccc(CNC(C)c2ccc(Br)s2)cc1. The average molecular weight is 326 g/mol. The first-order valence-electron chi connectivity index (χ1n) is 5.80. The zero-order valence-electron chi connectivity index (χ0n) is 10.4. The first-order chi connectivity index (χ1) is 8.69. The molecule has 1 heterocycles. The van der Waals surface area contributed by atoms with Crippen LogP contribution in [0.1, 0.15) is 23.4 Å². The molecule has 0 amide bonds. The lowest BCUT2D eigenvalue weighted by molar-refractivity contribution is 0.414. The molecular formula is C14H16BrNOS. The molecule has 1 aromatic carbocycles. The number of halogens is 1. The van der Waals surface area contributed by atoms with Gasteiger partial charge in [0.25, 0.3) is 0 Å². The van der Waals surface area contributed by atoms with Gasteiger partial charge in [0, 0.05) is 17.5 Å². The minimum absolute atomic E-state index is 0.364. The van der Waals surface area contributed by atoms with E-state index in [4.69, 9.17) is 4.74 Å². The summed E-state index contributed by atoms with van der Waals surface area (Å²) in [4.78, 5) is 1.34. The van der Waals surface area contributed by atoms with Gasteiger partial charge in [-0.3, -0.25) is 0 Å². The Balaban J connectivity index is 1.90. The van der Waals surface area contributed by atoms with E-state index in [0.717, 1.165) is 12.3 Å². The van der Waals surface area contributed by atoms with Crippen molar-refractivity contribution in [3.05, 3.63) is 50.6 Å². The molecule has 1 unspecified atom stereocenters. The van der Waals surface area contributed by atoms with Crippen molar-refractivity contribution >= 4 is 27.3 Å². The molecule has 1 atom stereocenters. The predicted molar refractivity (Wildman–Crippen MR) is 80.3 cm³/mol. The van der Waals surface area contributed by atoms with Crippen molar-refractivity contribution in [3.63, 3.8) is 0 Å². The average Bonchev–Trinajstić information content (AvgIpc) is 2.83. The van der Waals surface area contributed by atoms with Crippen molar-refractivity contribution in [3.8, 4) is 5.75 Å². The second kappa shape index (κ2) is 6.36. The van der Waals surface area contributed by atoms with Crippen LogP contribution in [0.5, 0.6) is 5.75 Å². The highest BCUT2D eigenvalue weighted by molar-refractivity contribution is 9.11. The van der Waals surface area contributed by atoms with Crippen molar-refractivity contribution in [2.24, 2.45) is 0 Å². The van der Waals surface area contributed by atoms with E-state index in [0.29, 0.717) is 6.04 Å². The molecule has 0 aliphatic carbocycles. The molecule has 0 saturated heterocycles. The summed E-state index contributed by atoms with van der Waals surface area (Å²) in [6.45, 7) is 3.04. The van der Waals surface area contributed by atoms with Crippen LogP contribution < -0.4 is 10.1 Å². The van der Waals surface area contributed by atoms with Gasteiger partial charge >= 0.3 is 0 Å². The molecule has 0 spiro atoms. The van der Waals surface area contributed by atoms with Crippen molar-refractivity contribution < 1.29 is 4.74 Å². The number of nitrogens with one attached hydrogen (secondary N) is 1. The fraction of sp³-hybridized carbons (Fsp3) is 0.286. The van der Waals surface area contributed by atoms with Gasteiger partial charge in [0.15, 0.2) is 0 Å². The highest BCUT2D eigenvalue weighted by Crippen LogP contribution is 2.27. The van der Waals surface area contributed by atoms with Gasteiger partial charge in [0.1, 0.15) is 5.75 Å². The number of methoxy groups -OCH3 is 1. The van der Waals surface area contributed by atoms with E-state index in [1.54, 1.807) is 18.4 Å². The summed E-state index contributed by atoms with van der Waals surface area (Å²) in [6, 6.07) is 12.8. The van der Waals surface area contributed by atoms with Crippen LogP contribution in [0.15, 0.2) is 40.2 Å². The summed E-state index contributed by atoms with van der Waals surface area (Å²) < 4.78 is 6.32. The highest BCUT2D eigenvalue weighted by Gasteiger charge is 2.07. The number of hydrogen-bond acceptors (Lipinski definition) is 3. The Morgan fingerprint density at radius 3 is 2.50 bits per heavy atom. The molecule has 0 aliphatic rings. The number of thiophene rings is 1. The van der Waals surface area contributed by atoms with Crippen LogP contribution >= 0.6 is 27.3 Å². The second-order valence-corrected chi connectivity index (χ2v) is 6.59. The molecule has 1 aromatic heterocycles.